The zero-order chi connectivity index (χ0) is 20.1. The summed E-state index contributed by atoms with van der Waals surface area (Å²) in [5.74, 6) is 1.17. The van der Waals surface area contributed by atoms with Gasteiger partial charge in [0.15, 0.2) is 12.4 Å². The van der Waals surface area contributed by atoms with Crippen molar-refractivity contribution in [2.45, 2.75) is 32.9 Å². The van der Waals surface area contributed by atoms with Gasteiger partial charge in [0.1, 0.15) is 17.6 Å². The SMILES string of the molecule is CCOc1cc2c(cc1CNC(=O)COc1ccccc1[N+](=O)[O-])OC(C)C2. The zero-order valence-electron chi connectivity index (χ0n) is 15.8. The second-order valence-electron chi connectivity index (χ2n) is 6.42. The number of fused-ring (bicyclic) bond motifs is 1. The normalized spacial score (nSPS) is 14.7. The fourth-order valence-corrected chi connectivity index (χ4v) is 3.03. The Labute approximate surface area is 162 Å². The lowest BCUT2D eigenvalue weighted by molar-refractivity contribution is -0.385. The van der Waals surface area contributed by atoms with Gasteiger partial charge in [-0.25, -0.2) is 0 Å². The van der Waals surface area contributed by atoms with Crippen molar-refractivity contribution in [2.24, 2.45) is 0 Å². The molecule has 0 aliphatic carbocycles. The maximum Gasteiger partial charge on any atom is 0.310 e. The van der Waals surface area contributed by atoms with Crippen molar-refractivity contribution in [2.75, 3.05) is 13.2 Å². The van der Waals surface area contributed by atoms with Crippen LogP contribution in [0.2, 0.25) is 0 Å². The number of nitro groups is 1. The highest BCUT2D eigenvalue weighted by molar-refractivity contribution is 5.77. The number of ether oxygens (including phenoxy) is 3. The monoisotopic (exact) mass is 386 g/mol. The number of para-hydroxylation sites is 2. The highest BCUT2D eigenvalue weighted by Crippen LogP contribution is 2.35. The van der Waals surface area contributed by atoms with Gasteiger partial charge in [-0.3, -0.25) is 14.9 Å². The molecule has 0 spiro atoms. The van der Waals surface area contributed by atoms with Gasteiger partial charge >= 0.3 is 5.69 Å². The maximum atomic E-state index is 12.1. The number of carbonyl (C=O) groups is 1. The zero-order valence-corrected chi connectivity index (χ0v) is 15.8. The summed E-state index contributed by atoms with van der Waals surface area (Å²) in [6.45, 7) is 4.32. The lowest BCUT2D eigenvalue weighted by Gasteiger charge is -2.13. The van der Waals surface area contributed by atoms with E-state index in [1.165, 1.54) is 18.2 Å². The summed E-state index contributed by atoms with van der Waals surface area (Å²) in [4.78, 5) is 22.6. The van der Waals surface area contributed by atoms with Gasteiger partial charge in [0.25, 0.3) is 5.91 Å². The molecule has 8 nitrogen and oxygen atoms in total. The molecule has 1 aliphatic rings. The van der Waals surface area contributed by atoms with Crippen molar-refractivity contribution >= 4 is 11.6 Å². The van der Waals surface area contributed by atoms with Crippen LogP contribution in [0.1, 0.15) is 25.0 Å². The van der Waals surface area contributed by atoms with Crippen LogP contribution in [0.25, 0.3) is 0 Å². The number of hydrogen-bond acceptors (Lipinski definition) is 6. The number of nitro benzene ring substituents is 1. The van der Waals surface area contributed by atoms with Crippen LogP contribution in [-0.2, 0) is 17.8 Å². The van der Waals surface area contributed by atoms with Gasteiger partial charge in [0.2, 0.25) is 0 Å². The molecule has 148 valence electrons. The molecule has 8 heteroatoms. The van der Waals surface area contributed by atoms with E-state index in [2.05, 4.69) is 5.32 Å². The van der Waals surface area contributed by atoms with Crippen molar-refractivity contribution in [1.29, 1.82) is 0 Å². The molecular formula is C20H22N2O6. The summed E-state index contributed by atoms with van der Waals surface area (Å²) in [6, 6.07) is 9.77. The van der Waals surface area contributed by atoms with E-state index in [0.29, 0.717) is 12.4 Å². The Morgan fingerprint density at radius 2 is 2.07 bits per heavy atom. The molecule has 0 saturated heterocycles. The van der Waals surface area contributed by atoms with Crippen molar-refractivity contribution in [3.8, 4) is 17.2 Å². The van der Waals surface area contributed by atoms with Gasteiger partial charge in [-0.15, -0.1) is 0 Å². The van der Waals surface area contributed by atoms with Crippen LogP contribution in [0.15, 0.2) is 36.4 Å². The summed E-state index contributed by atoms with van der Waals surface area (Å²) in [5, 5.41) is 13.7. The van der Waals surface area contributed by atoms with E-state index in [-0.39, 0.29) is 30.7 Å². The van der Waals surface area contributed by atoms with E-state index in [1.54, 1.807) is 6.07 Å². The van der Waals surface area contributed by atoms with Crippen LogP contribution in [0.4, 0.5) is 5.69 Å². The minimum absolute atomic E-state index is 0.0533. The molecule has 1 atom stereocenters. The highest BCUT2D eigenvalue weighted by atomic mass is 16.6. The van der Waals surface area contributed by atoms with Gasteiger partial charge in [-0.1, -0.05) is 12.1 Å². The van der Waals surface area contributed by atoms with Crippen LogP contribution in [0.5, 0.6) is 17.2 Å². The standard InChI is InChI=1S/C20H22N2O6/c1-3-26-18-9-14-8-13(2)28-19(14)10-15(18)11-21-20(23)12-27-17-7-5-4-6-16(17)22(24)25/h4-7,9-10,13H,3,8,11-12H2,1-2H3,(H,21,23). The average Bonchev–Trinajstić information content (AvgIpc) is 3.03. The predicted octanol–water partition coefficient (Wildman–Crippen LogP) is 3.01. The predicted molar refractivity (Wildman–Crippen MR) is 102 cm³/mol. The van der Waals surface area contributed by atoms with E-state index in [0.717, 1.165) is 23.3 Å². The van der Waals surface area contributed by atoms with Gasteiger partial charge in [0.05, 0.1) is 11.5 Å². The number of rotatable bonds is 8. The molecule has 0 saturated carbocycles. The number of nitrogens with one attached hydrogen (secondary N) is 1. The summed E-state index contributed by atoms with van der Waals surface area (Å²) in [6.07, 6.45) is 0.940. The van der Waals surface area contributed by atoms with Crippen LogP contribution >= 0.6 is 0 Å². The fraction of sp³-hybridized carbons (Fsp3) is 0.350. The highest BCUT2D eigenvalue weighted by Gasteiger charge is 2.22. The topological polar surface area (TPSA) is 99.9 Å². The average molecular weight is 386 g/mol. The first-order valence-electron chi connectivity index (χ1n) is 9.06. The third-order valence-electron chi connectivity index (χ3n) is 4.28. The van der Waals surface area contributed by atoms with Crippen LogP contribution in [0, 0.1) is 10.1 Å². The lowest BCUT2D eigenvalue weighted by atomic mass is 10.1. The van der Waals surface area contributed by atoms with Gasteiger partial charge in [-0.05, 0) is 32.0 Å². The lowest BCUT2D eigenvalue weighted by Crippen LogP contribution is -2.28. The third kappa shape index (κ3) is 4.51. The Hall–Kier alpha value is -3.29. The molecule has 0 fully saturated rings. The van der Waals surface area contributed by atoms with Crippen molar-refractivity contribution in [3.05, 3.63) is 57.6 Å². The van der Waals surface area contributed by atoms with E-state index >= 15 is 0 Å². The summed E-state index contributed by atoms with van der Waals surface area (Å²) in [7, 11) is 0. The maximum absolute atomic E-state index is 12.1. The number of hydrogen-bond donors (Lipinski definition) is 1. The van der Waals surface area contributed by atoms with Gasteiger partial charge in [-0.2, -0.15) is 0 Å². The van der Waals surface area contributed by atoms with E-state index in [9.17, 15) is 14.9 Å². The molecule has 1 N–H and O–H groups in total. The molecule has 1 amide bonds. The molecule has 0 bridgehead atoms. The van der Waals surface area contributed by atoms with E-state index in [1.807, 2.05) is 26.0 Å². The molecule has 1 aliphatic heterocycles. The van der Waals surface area contributed by atoms with Crippen LogP contribution in [-0.4, -0.2) is 30.1 Å². The number of benzene rings is 2. The van der Waals surface area contributed by atoms with E-state index in [4.69, 9.17) is 14.2 Å². The first-order valence-corrected chi connectivity index (χ1v) is 9.06. The molecule has 2 aromatic rings. The Bertz CT molecular complexity index is 883. The first kappa shape index (κ1) is 19.5. The molecule has 0 radical (unpaired) electrons. The summed E-state index contributed by atoms with van der Waals surface area (Å²) in [5.41, 5.74) is 1.71. The van der Waals surface area contributed by atoms with Crippen LogP contribution in [0.3, 0.4) is 0 Å². The number of nitrogens with zero attached hydrogens (tertiary/aromatic N) is 1. The third-order valence-corrected chi connectivity index (χ3v) is 4.28. The number of carbonyl (C=O) groups excluding carboxylic acids is 1. The van der Waals surface area contributed by atoms with Crippen molar-refractivity contribution in [3.63, 3.8) is 0 Å². The molecule has 2 aromatic carbocycles. The Kier molecular flexibility index (Phi) is 5.98. The van der Waals surface area contributed by atoms with Crippen molar-refractivity contribution in [1.82, 2.24) is 5.32 Å². The molecule has 0 aromatic heterocycles. The van der Waals surface area contributed by atoms with Crippen LogP contribution < -0.4 is 19.5 Å². The quantitative estimate of drug-likeness (QED) is 0.553. The van der Waals surface area contributed by atoms with Gasteiger partial charge < -0.3 is 19.5 Å². The second-order valence-corrected chi connectivity index (χ2v) is 6.42. The molecule has 3 rings (SSSR count). The van der Waals surface area contributed by atoms with Gasteiger partial charge in [0, 0.05) is 30.2 Å². The van der Waals surface area contributed by atoms with Crippen molar-refractivity contribution < 1.29 is 23.9 Å². The largest absolute Gasteiger partial charge is 0.494 e. The molecular weight excluding hydrogens is 364 g/mol. The van der Waals surface area contributed by atoms with E-state index < -0.39 is 10.8 Å². The Morgan fingerprint density at radius 1 is 1.29 bits per heavy atom. The smallest absolute Gasteiger partial charge is 0.310 e. The number of amides is 1. The second kappa shape index (κ2) is 8.60. The summed E-state index contributed by atoms with van der Waals surface area (Å²) < 4.78 is 16.8. The fourth-order valence-electron chi connectivity index (χ4n) is 3.03. The Balaban J connectivity index is 1.62. The minimum Gasteiger partial charge on any atom is -0.494 e. The minimum atomic E-state index is -0.548. The Morgan fingerprint density at radius 3 is 2.82 bits per heavy atom. The molecule has 1 heterocycles. The summed E-state index contributed by atoms with van der Waals surface area (Å²) >= 11 is 0. The molecule has 28 heavy (non-hydrogen) atoms. The molecule has 1 unspecified atom stereocenters. The first-order chi connectivity index (χ1) is 13.5.